The number of aliphatic hydroxyl groups is 1. The van der Waals surface area contributed by atoms with Crippen LogP contribution in [-0.4, -0.2) is 39.7 Å². The fourth-order valence-corrected chi connectivity index (χ4v) is 19.8. The van der Waals surface area contributed by atoms with Crippen molar-refractivity contribution >= 4 is 30.2 Å². The first-order valence-corrected chi connectivity index (χ1v) is 20.0. The van der Waals surface area contributed by atoms with E-state index in [1.165, 1.54) is 51.8 Å². The zero-order valence-electron chi connectivity index (χ0n) is 20.3. The molecule has 1 aromatic rings. The van der Waals surface area contributed by atoms with Gasteiger partial charge in [-0.3, -0.25) is 0 Å². The minimum atomic E-state index is -2.66. The molecule has 30 heavy (non-hydrogen) atoms. The summed E-state index contributed by atoms with van der Waals surface area (Å²) in [7, 11) is 0. The molecule has 0 fully saturated rings. The van der Waals surface area contributed by atoms with Gasteiger partial charge in [0, 0.05) is 0 Å². The van der Waals surface area contributed by atoms with E-state index in [0.717, 1.165) is 15.8 Å². The number of unbranched alkanes of at least 4 members (excludes halogenated alkanes) is 3. The molecule has 1 N–H and O–H groups in total. The predicted octanol–water partition coefficient (Wildman–Crippen LogP) is 7.31. The van der Waals surface area contributed by atoms with Gasteiger partial charge in [0.2, 0.25) is 0 Å². The Balaban J connectivity index is 3.39. The van der Waals surface area contributed by atoms with Gasteiger partial charge in [-0.1, -0.05) is 0 Å². The zero-order chi connectivity index (χ0) is 22.6. The number of hydrogen-bond donors (Lipinski definition) is 1. The van der Waals surface area contributed by atoms with Gasteiger partial charge in [-0.25, -0.2) is 0 Å². The summed E-state index contributed by atoms with van der Waals surface area (Å²) in [6, 6.07) is 7.75. The first-order valence-electron chi connectivity index (χ1n) is 11.9. The third-order valence-corrected chi connectivity index (χ3v) is 20.7. The van der Waals surface area contributed by atoms with Gasteiger partial charge in [0.15, 0.2) is 0 Å². The Morgan fingerprint density at radius 3 is 1.90 bits per heavy atom. The van der Waals surface area contributed by atoms with E-state index in [0.29, 0.717) is 0 Å². The number of para-hydroxylation sites is 1. The van der Waals surface area contributed by atoms with Crippen molar-refractivity contribution in [3.8, 4) is 0 Å². The number of benzene rings is 1. The standard InChI is InChI=1S/C13H18NO3.3C4H9.Sn/c1-13(2,3)17-12(16)14(4)11-8-6-5-7-10(11)9-15;3*1-3-4-2;/h5-8,15H,4,9H2,1-3H3;3*1,3-4H2,2H3;. The van der Waals surface area contributed by atoms with Crippen molar-refractivity contribution in [2.24, 2.45) is 0 Å². The SMILES string of the molecule is CCC[CH2][Sn]([CH2]CCC)([CH2]CCC)[CH2]N(C(=O)OC(C)(C)C)c1ccccc1CO. The molecule has 0 aliphatic rings. The van der Waals surface area contributed by atoms with Crippen molar-refractivity contribution in [1.82, 2.24) is 0 Å². The van der Waals surface area contributed by atoms with Crippen molar-refractivity contribution in [2.75, 3.05) is 9.46 Å². The molecule has 1 aromatic carbocycles. The molecule has 0 bridgehead atoms. The van der Waals surface area contributed by atoms with Gasteiger partial charge in [-0.2, -0.15) is 0 Å². The zero-order valence-corrected chi connectivity index (χ0v) is 23.2. The Hall–Kier alpha value is -0.751. The summed E-state index contributed by atoms with van der Waals surface area (Å²) in [5.74, 6) is 0. The number of ether oxygens (including phenoxy) is 1. The van der Waals surface area contributed by atoms with Crippen LogP contribution in [0.4, 0.5) is 10.5 Å². The molecule has 0 aliphatic heterocycles. The van der Waals surface area contributed by atoms with Gasteiger partial charge >= 0.3 is 190 Å². The third kappa shape index (κ3) is 9.17. The topological polar surface area (TPSA) is 49.8 Å². The summed E-state index contributed by atoms with van der Waals surface area (Å²) in [6.45, 7) is 12.5. The molecule has 4 nitrogen and oxygen atoms in total. The van der Waals surface area contributed by atoms with Crippen molar-refractivity contribution in [3.05, 3.63) is 29.8 Å². The number of nitrogens with zero attached hydrogens (tertiary/aromatic N) is 1. The molecule has 0 spiro atoms. The fraction of sp³-hybridized carbons (Fsp3) is 0.720. The van der Waals surface area contributed by atoms with Crippen LogP contribution in [0.1, 0.15) is 85.6 Å². The molecule has 1 rings (SSSR count). The molecule has 0 radical (unpaired) electrons. The quantitative estimate of drug-likeness (QED) is 0.274. The van der Waals surface area contributed by atoms with E-state index in [-0.39, 0.29) is 12.7 Å². The van der Waals surface area contributed by atoms with Gasteiger partial charge in [0.25, 0.3) is 0 Å². The van der Waals surface area contributed by atoms with Crippen LogP contribution < -0.4 is 4.90 Å². The normalized spacial score (nSPS) is 12.1. The number of hydrogen-bond acceptors (Lipinski definition) is 3. The van der Waals surface area contributed by atoms with E-state index >= 15 is 0 Å². The van der Waals surface area contributed by atoms with E-state index < -0.39 is 24.0 Å². The molecular formula is C25H45NO3Sn. The molecule has 0 unspecified atom stereocenters. The van der Waals surface area contributed by atoms with Crippen LogP contribution in [0.15, 0.2) is 24.3 Å². The van der Waals surface area contributed by atoms with E-state index in [1.807, 2.05) is 49.9 Å². The molecule has 172 valence electrons. The van der Waals surface area contributed by atoms with Crippen LogP contribution in [0.3, 0.4) is 0 Å². The van der Waals surface area contributed by atoms with Crippen LogP contribution in [-0.2, 0) is 11.3 Å². The fourth-order valence-electron chi connectivity index (χ4n) is 4.08. The molecule has 0 heterocycles. The van der Waals surface area contributed by atoms with Crippen LogP contribution in [0.2, 0.25) is 13.3 Å². The average molecular weight is 526 g/mol. The molecule has 0 atom stereocenters. The second-order valence-electron chi connectivity index (χ2n) is 9.66. The van der Waals surface area contributed by atoms with Crippen LogP contribution in [0.5, 0.6) is 0 Å². The van der Waals surface area contributed by atoms with Crippen molar-refractivity contribution in [2.45, 2.75) is 106 Å². The molecule has 5 heteroatoms. The molecule has 0 aliphatic carbocycles. The minimum absolute atomic E-state index is 0.0725. The van der Waals surface area contributed by atoms with Gasteiger partial charge < -0.3 is 0 Å². The Morgan fingerprint density at radius 2 is 1.47 bits per heavy atom. The van der Waals surface area contributed by atoms with Gasteiger partial charge in [-0.15, -0.1) is 0 Å². The number of rotatable bonds is 13. The maximum absolute atomic E-state index is 13.4. The van der Waals surface area contributed by atoms with Gasteiger partial charge in [0.1, 0.15) is 0 Å². The Bertz CT molecular complexity index is 605. The van der Waals surface area contributed by atoms with Crippen LogP contribution >= 0.6 is 0 Å². The van der Waals surface area contributed by atoms with Crippen molar-refractivity contribution in [3.63, 3.8) is 0 Å². The number of amides is 1. The van der Waals surface area contributed by atoms with E-state index in [1.54, 1.807) is 0 Å². The molecular weight excluding hydrogens is 481 g/mol. The first kappa shape index (κ1) is 27.3. The van der Waals surface area contributed by atoms with E-state index in [2.05, 4.69) is 20.8 Å². The Kier molecular flexibility index (Phi) is 12.4. The van der Waals surface area contributed by atoms with Gasteiger partial charge in [-0.05, 0) is 0 Å². The molecule has 0 saturated carbocycles. The molecule has 0 saturated heterocycles. The third-order valence-electron chi connectivity index (χ3n) is 5.74. The van der Waals surface area contributed by atoms with Crippen LogP contribution in [0.25, 0.3) is 0 Å². The molecule has 0 aromatic heterocycles. The summed E-state index contributed by atoms with van der Waals surface area (Å²) < 4.78 is 10.7. The summed E-state index contributed by atoms with van der Waals surface area (Å²) in [5.41, 5.74) is 1.07. The summed E-state index contributed by atoms with van der Waals surface area (Å²) >= 11 is -2.66. The second kappa shape index (κ2) is 13.6. The van der Waals surface area contributed by atoms with Crippen molar-refractivity contribution in [1.29, 1.82) is 0 Å². The van der Waals surface area contributed by atoms with E-state index in [4.69, 9.17) is 4.74 Å². The van der Waals surface area contributed by atoms with E-state index in [9.17, 15) is 9.90 Å². The Morgan fingerprint density at radius 1 is 0.967 bits per heavy atom. The monoisotopic (exact) mass is 527 g/mol. The van der Waals surface area contributed by atoms with Crippen LogP contribution in [0, 0.1) is 0 Å². The van der Waals surface area contributed by atoms with Gasteiger partial charge in [0.05, 0.1) is 0 Å². The maximum atomic E-state index is 13.4. The number of carbonyl (C=O) groups excluding carboxylic acids is 1. The predicted molar refractivity (Wildman–Crippen MR) is 131 cm³/mol. The average Bonchev–Trinajstić information content (AvgIpc) is 2.71. The van der Waals surface area contributed by atoms with Crippen molar-refractivity contribution < 1.29 is 14.6 Å². The summed E-state index contributed by atoms with van der Waals surface area (Å²) in [5, 5.41) is 9.94. The summed E-state index contributed by atoms with van der Waals surface area (Å²) in [4.78, 5) is 15.3. The number of aliphatic hydroxyl groups excluding tert-OH is 1. The number of anilines is 1. The summed E-state index contributed by atoms with van der Waals surface area (Å²) in [6.07, 6.45) is 7.12. The number of carbonyl (C=O) groups is 1. The first-order chi connectivity index (χ1) is 14.2. The molecule has 1 amide bonds. The Labute approximate surface area is 189 Å². The second-order valence-corrected chi connectivity index (χ2v) is 23.4.